The molecule has 0 N–H and O–H groups in total. The summed E-state index contributed by atoms with van der Waals surface area (Å²) in [5.41, 5.74) is 1.32. The Balaban J connectivity index is 1.89. The molecule has 2 aromatic heterocycles. The Bertz CT molecular complexity index is 559. The van der Waals surface area contributed by atoms with E-state index >= 15 is 0 Å². The standard InChI is InChI=1S/C11H13ClN4O2/c1-17-4-7-2-3-8(18-7)16-6-15-9-10(12)13-5-14-11(9)16/h5-8H,2-4H2,1H3. The average Bonchev–Trinajstić information content (AvgIpc) is 2.96. The van der Waals surface area contributed by atoms with Crippen LogP contribution < -0.4 is 0 Å². The molecule has 2 aromatic rings. The van der Waals surface area contributed by atoms with Gasteiger partial charge in [0.15, 0.2) is 10.8 Å². The molecule has 0 radical (unpaired) electrons. The van der Waals surface area contributed by atoms with Gasteiger partial charge in [-0.2, -0.15) is 0 Å². The molecule has 6 nitrogen and oxygen atoms in total. The number of hydrogen-bond donors (Lipinski definition) is 0. The van der Waals surface area contributed by atoms with E-state index in [-0.39, 0.29) is 12.3 Å². The van der Waals surface area contributed by atoms with Crippen molar-refractivity contribution >= 4 is 22.8 Å². The zero-order valence-electron chi connectivity index (χ0n) is 9.91. The topological polar surface area (TPSA) is 62.1 Å². The molecule has 0 amide bonds. The number of imidazole rings is 1. The maximum atomic E-state index is 5.97. The minimum Gasteiger partial charge on any atom is -0.382 e. The second-order valence-corrected chi connectivity index (χ2v) is 4.59. The quantitative estimate of drug-likeness (QED) is 0.795. The molecule has 2 atom stereocenters. The van der Waals surface area contributed by atoms with Gasteiger partial charge in [0.2, 0.25) is 0 Å². The Hall–Kier alpha value is -1.24. The summed E-state index contributed by atoms with van der Waals surface area (Å²) in [5.74, 6) is 0. The van der Waals surface area contributed by atoms with Crippen LogP contribution in [-0.2, 0) is 9.47 Å². The molecule has 1 aliphatic rings. The summed E-state index contributed by atoms with van der Waals surface area (Å²) < 4.78 is 12.9. The highest BCUT2D eigenvalue weighted by molar-refractivity contribution is 6.33. The van der Waals surface area contributed by atoms with E-state index in [4.69, 9.17) is 21.1 Å². The van der Waals surface area contributed by atoms with Crippen LogP contribution in [0.5, 0.6) is 0 Å². The van der Waals surface area contributed by atoms with E-state index in [1.807, 2.05) is 4.57 Å². The van der Waals surface area contributed by atoms with Crippen molar-refractivity contribution in [2.45, 2.75) is 25.2 Å². The van der Waals surface area contributed by atoms with Gasteiger partial charge in [0.05, 0.1) is 19.0 Å². The van der Waals surface area contributed by atoms with Crippen LogP contribution in [-0.4, -0.2) is 39.3 Å². The second kappa shape index (κ2) is 4.79. The highest BCUT2D eigenvalue weighted by Crippen LogP contribution is 2.31. The van der Waals surface area contributed by atoms with Crippen LogP contribution in [0.4, 0.5) is 0 Å². The van der Waals surface area contributed by atoms with Gasteiger partial charge in [-0.25, -0.2) is 15.0 Å². The van der Waals surface area contributed by atoms with Gasteiger partial charge in [0.1, 0.15) is 18.1 Å². The summed E-state index contributed by atoms with van der Waals surface area (Å²) in [7, 11) is 1.68. The third-order valence-corrected chi connectivity index (χ3v) is 3.34. The average molecular weight is 269 g/mol. The van der Waals surface area contributed by atoms with Crippen LogP contribution in [0.2, 0.25) is 5.15 Å². The van der Waals surface area contributed by atoms with Crippen molar-refractivity contribution < 1.29 is 9.47 Å². The molecule has 0 aromatic carbocycles. The molecule has 2 unspecified atom stereocenters. The van der Waals surface area contributed by atoms with Crippen LogP contribution >= 0.6 is 11.6 Å². The summed E-state index contributed by atoms with van der Waals surface area (Å²) in [6, 6.07) is 0. The third kappa shape index (κ3) is 1.96. The SMILES string of the molecule is COCC1CCC(n2cnc3c(Cl)ncnc32)O1. The first-order chi connectivity index (χ1) is 8.79. The Morgan fingerprint density at radius 2 is 2.33 bits per heavy atom. The summed E-state index contributed by atoms with van der Waals surface area (Å²) in [6.07, 6.45) is 5.10. The molecule has 0 spiro atoms. The van der Waals surface area contributed by atoms with E-state index in [0.29, 0.717) is 22.9 Å². The predicted octanol–water partition coefficient (Wildman–Crippen LogP) is 1.80. The highest BCUT2D eigenvalue weighted by Gasteiger charge is 2.28. The number of nitrogens with zero attached hydrogens (tertiary/aromatic N) is 4. The van der Waals surface area contributed by atoms with Gasteiger partial charge in [-0.15, -0.1) is 0 Å². The van der Waals surface area contributed by atoms with Gasteiger partial charge < -0.3 is 9.47 Å². The maximum Gasteiger partial charge on any atom is 0.166 e. The largest absolute Gasteiger partial charge is 0.382 e. The second-order valence-electron chi connectivity index (χ2n) is 4.23. The maximum absolute atomic E-state index is 5.97. The molecule has 96 valence electrons. The predicted molar refractivity (Wildman–Crippen MR) is 65.4 cm³/mol. The molecule has 1 saturated heterocycles. The summed E-state index contributed by atoms with van der Waals surface area (Å²) in [5, 5.41) is 0.366. The van der Waals surface area contributed by atoms with Gasteiger partial charge in [-0.1, -0.05) is 11.6 Å². The lowest BCUT2D eigenvalue weighted by Gasteiger charge is -2.14. The molecular weight excluding hydrogens is 256 g/mol. The number of fused-ring (bicyclic) bond motifs is 1. The van der Waals surface area contributed by atoms with Crippen LogP contribution in [0, 0.1) is 0 Å². The van der Waals surface area contributed by atoms with Gasteiger partial charge in [0.25, 0.3) is 0 Å². The fourth-order valence-corrected chi connectivity index (χ4v) is 2.41. The van der Waals surface area contributed by atoms with Crippen LogP contribution in [0.3, 0.4) is 0 Å². The molecule has 3 rings (SSSR count). The van der Waals surface area contributed by atoms with E-state index in [2.05, 4.69) is 15.0 Å². The molecule has 3 heterocycles. The van der Waals surface area contributed by atoms with Gasteiger partial charge in [-0.05, 0) is 12.8 Å². The highest BCUT2D eigenvalue weighted by atomic mass is 35.5. The van der Waals surface area contributed by atoms with Crippen molar-refractivity contribution in [1.82, 2.24) is 19.5 Å². The van der Waals surface area contributed by atoms with Crippen LogP contribution in [0.25, 0.3) is 11.2 Å². The lowest BCUT2D eigenvalue weighted by atomic mass is 10.2. The summed E-state index contributed by atoms with van der Waals surface area (Å²) in [6.45, 7) is 0.610. The minimum absolute atomic E-state index is 0.0545. The number of methoxy groups -OCH3 is 1. The lowest BCUT2D eigenvalue weighted by molar-refractivity contribution is -0.0300. The Kier molecular flexibility index (Phi) is 3.15. The zero-order valence-corrected chi connectivity index (χ0v) is 10.7. The number of ether oxygens (including phenoxy) is 2. The van der Waals surface area contributed by atoms with Gasteiger partial charge in [-0.3, -0.25) is 4.57 Å². The van der Waals surface area contributed by atoms with E-state index < -0.39 is 0 Å². The molecule has 1 fully saturated rings. The number of rotatable bonds is 3. The molecule has 7 heteroatoms. The molecule has 0 aliphatic carbocycles. The first-order valence-electron chi connectivity index (χ1n) is 5.77. The van der Waals surface area contributed by atoms with Crippen LogP contribution in [0.15, 0.2) is 12.7 Å². The fourth-order valence-electron chi connectivity index (χ4n) is 2.23. The summed E-state index contributed by atoms with van der Waals surface area (Å²) >= 11 is 5.97. The Morgan fingerprint density at radius 1 is 1.44 bits per heavy atom. The van der Waals surface area contributed by atoms with E-state index in [9.17, 15) is 0 Å². The first-order valence-corrected chi connectivity index (χ1v) is 6.15. The van der Waals surface area contributed by atoms with Gasteiger partial charge in [0, 0.05) is 7.11 Å². The lowest BCUT2D eigenvalue weighted by Crippen LogP contribution is -2.15. The monoisotopic (exact) mass is 268 g/mol. The van der Waals surface area contributed by atoms with Crippen LogP contribution in [0.1, 0.15) is 19.1 Å². The summed E-state index contributed by atoms with van der Waals surface area (Å²) in [4.78, 5) is 12.3. The molecular formula is C11H13ClN4O2. The molecule has 18 heavy (non-hydrogen) atoms. The van der Waals surface area contributed by atoms with Crippen molar-refractivity contribution in [3.8, 4) is 0 Å². The Labute approximate surface area is 109 Å². The molecule has 0 saturated carbocycles. The molecule has 0 bridgehead atoms. The smallest absolute Gasteiger partial charge is 0.166 e. The molecule has 1 aliphatic heterocycles. The third-order valence-electron chi connectivity index (χ3n) is 3.06. The number of hydrogen-bond acceptors (Lipinski definition) is 5. The minimum atomic E-state index is -0.0545. The number of halogens is 1. The Morgan fingerprint density at radius 3 is 3.17 bits per heavy atom. The van der Waals surface area contributed by atoms with Crippen molar-refractivity contribution in [1.29, 1.82) is 0 Å². The van der Waals surface area contributed by atoms with E-state index in [0.717, 1.165) is 12.8 Å². The van der Waals surface area contributed by atoms with Crippen molar-refractivity contribution in [2.75, 3.05) is 13.7 Å². The fraction of sp³-hybridized carbons (Fsp3) is 0.545. The van der Waals surface area contributed by atoms with Crippen molar-refractivity contribution in [2.24, 2.45) is 0 Å². The van der Waals surface area contributed by atoms with E-state index in [1.165, 1.54) is 6.33 Å². The van der Waals surface area contributed by atoms with Crippen molar-refractivity contribution in [3.05, 3.63) is 17.8 Å². The van der Waals surface area contributed by atoms with Crippen molar-refractivity contribution in [3.63, 3.8) is 0 Å². The van der Waals surface area contributed by atoms with Gasteiger partial charge >= 0.3 is 0 Å². The zero-order chi connectivity index (χ0) is 12.5. The first kappa shape index (κ1) is 11.8. The normalized spacial score (nSPS) is 23.9. The number of aromatic nitrogens is 4. The van der Waals surface area contributed by atoms with E-state index in [1.54, 1.807) is 13.4 Å².